The predicted molar refractivity (Wildman–Crippen MR) is 81.6 cm³/mol. The van der Waals surface area contributed by atoms with E-state index in [1.165, 1.54) is 18.2 Å². The van der Waals surface area contributed by atoms with E-state index in [-0.39, 0.29) is 12.9 Å². The molecule has 0 aromatic rings. The second-order valence-corrected chi connectivity index (χ2v) is 4.05. The molecule has 1 atom stereocenters. The highest BCUT2D eigenvalue weighted by molar-refractivity contribution is 5.64. The van der Waals surface area contributed by atoms with Crippen LogP contribution in [0, 0.1) is 0 Å². The van der Waals surface area contributed by atoms with E-state index in [2.05, 4.69) is 24.5 Å². The van der Waals surface area contributed by atoms with E-state index in [0.29, 0.717) is 5.57 Å². The molecule has 3 nitrogen and oxygen atoms in total. The fourth-order valence-corrected chi connectivity index (χ4v) is 1.16. The Morgan fingerprint density at radius 1 is 1.23 bits per heavy atom. The Morgan fingerprint density at radius 2 is 1.77 bits per heavy atom. The van der Waals surface area contributed by atoms with Gasteiger partial charge in [0.05, 0.1) is 6.61 Å². The number of methoxy groups -OCH3 is 1. The number of carbonyl (C=O) groups excluding carboxylic acids is 1. The highest BCUT2D eigenvalue weighted by Crippen LogP contribution is 2.35. The summed E-state index contributed by atoms with van der Waals surface area (Å²) >= 11 is 0. The van der Waals surface area contributed by atoms with Crippen molar-refractivity contribution in [3.05, 3.63) is 49.6 Å². The summed E-state index contributed by atoms with van der Waals surface area (Å²) in [6.07, 6.45) is -0.518. The second-order valence-electron chi connectivity index (χ2n) is 4.05. The Kier molecular flexibility index (Phi) is 12.3. The van der Waals surface area contributed by atoms with E-state index >= 15 is 0 Å². The molecule has 0 aromatic heterocycles. The van der Waals surface area contributed by atoms with Gasteiger partial charge in [-0.25, -0.2) is 0 Å². The number of halogens is 3. The van der Waals surface area contributed by atoms with Crippen molar-refractivity contribution in [3.8, 4) is 0 Å². The van der Waals surface area contributed by atoms with Crippen LogP contribution < -0.4 is 0 Å². The number of carbonyl (C=O) groups is 1. The van der Waals surface area contributed by atoms with Crippen molar-refractivity contribution in [2.24, 2.45) is 0 Å². The molecule has 22 heavy (non-hydrogen) atoms. The third kappa shape index (κ3) is 7.95. The molecule has 0 saturated heterocycles. The summed E-state index contributed by atoms with van der Waals surface area (Å²) in [6, 6.07) is 0. The summed E-state index contributed by atoms with van der Waals surface area (Å²) in [5, 5.41) is 0. The fraction of sp³-hybridized carbons (Fsp3) is 0.438. The van der Waals surface area contributed by atoms with Crippen LogP contribution in [0.5, 0.6) is 0 Å². The first-order chi connectivity index (χ1) is 10.3. The Hall–Kier alpha value is -1.66. The lowest BCUT2D eigenvalue weighted by Crippen LogP contribution is -2.49. The number of alkyl halides is 3. The van der Waals surface area contributed by atoms with E-state index in [4.69, 9.17) is 4.74 Å². The quantitative estimate of drug-likeness (QED) is 0.365. The van der Waals surface area contributed by atoms with E-state index in [1.54, 1.807) is 7.11 Å². The second kappa shape index (κ2) is 11.9. The molecule has 0 amide bonds. The maximum Gasteiger partial charge on any atom is 0.424 e. The van der Waals surface area contributed by atoms with Crippen LogP contribution in [-0.2, 0) is 14.3 Å². The van der Waals surface area contributed by atoms with Gasteiger partial charge in [0.15, 0.2) is 6.29 Å². The van der Waals surface area contributed by atoms with Gasteiger partial charge in [0.25, 0.3) is 0 Å². The fourth-order valence-electron chi connectivity index (χ4n) is 1.16. The van der Waals surface area contributed by atoms with Crippen LogP contribution in [0.2, 0.25) is 0 Å². The minimum Gasteiger partial charge on any atom is -0.385 e. The molecule has 0 fully saturated rings. The van der Waals surface area contributed by atoms with Crippen LogP contribution in [0.25, 0.3) is 0 Å². The molecule has 0 rings (SSSR count). The highest BCUT2D eigenvalue weighted by Gasteiger charge is 2.55. The normalized spacial score (nSPS) is 14.1. The Labute approximate surface area is 129 Å². The van der Waals surface area contributed by atoms with Crippen molar-refractivity contribution >= 4 is 6.29 Å². The number of aldehydes is 1. The maximum absolute atomic E-state index is 12.8. The first-order valence-corrected chi connectivity index (χ1v) is 6.49. The summed E-state index contributed by atoms with van der Waals surface area (Å²) < 4.78 is 47.8. The molecule has 0 aliphatic heterocycles. The summed E-state index contributed by atoms with van der Waals surface area (Å²) in [5.41, 5.74) is -2.47. The molecule has 0 N–H and O–H groups in total. The van der Waals surface area contributed by atoms with Gasteiger partial charge in [-0.05, 0) is 12.5 Å². The van der Waals surface area contributed by atoms with Crippen molar-refractivity contribution in [2.75, 3.05) is 20.3 Å². The molecule has 0 heterocycles. The molecular weight excluding hydrogens is 297 g/mol. The third-order valence-corrected chi connectivity index (χ3v) is 2.50. The first-order valence-electron chi connectivity index (χ1n) is 6.49. The van der Waals surface area contributed by atoms with Crippen LogP contribution in [0.1, 0.15) is 13.3 Å². The number of allylic oxidation sites excluding steroid dienone is 2. The van der Waals surface area contributed by atoms with Crippen LogP contribution in [0.4, 0.5) is 13.2 Å². The van der Waals surface area contributed by atoms with Crippen molar-refractivity contribution in [2.45, 2.75) is 25.1 Å². The lowest BCUT2D eigenvalue weighted by molar-refractivity contribution is -0.257. The monoisotopic (exact) mass is 320 g/mol. The van der Waals surface area contributed by atoms with Crippen LogP contribution in [0.15, 0.2) is 49.6 Å². The van der Waals surface area contributed by atoms with E-state index < -0.39 is 18.2 Å². The molecule has 0 aromatic carbocycles. The lowest BCUT2D eigenvalue weighted by atomic mass is 10.0. The number of ether oxygens (including phenoxy) is 2. The molecule has 0 aliphatic rings. The SMILES string of the molecule is C=C/C=C(\C=C)COC(C=O)(CC=C)C(F)(F)F.CCOC. The van der Waals surface area contributed by atoms with E-state index in [9.17, 15) is 18.0 Å². The van der Waals surface area contributed by atoms with Gasteiger partial charge in [-0.2, -0.15) is 13.2 Å². The molecular formula is C16H23F3O3. The molecule has 0 aliphatic carbocycles. The topological polar surface area (TPSA) is 35.5 Å². The van der Waals surface area contributed by atoms with Gasteiger partial charge in [0, 0.05) is 20.1 Å². The van der Waals surface area contributed by atoms with Crippen LogP contribution >= 0.6 is 0 Å². The van der Waals surface area contributed by atoms with Gasteiger partial charge in [-0.15, -0.1) is 6.58 Å². The van der Waals surface area contributed by atoms with Crippen molar-refractivity contribution in [1.82, 2.24) is 0 Å². The highest BCUT2D eigenvalue weighted by atomic mass is 19.4. The first kappa shape index (κ1) is 22.6. The number of hydrogen-bond acceptors (Lipinski definition) is 3. The summed E-state index contributed by atoms with van der Waals surface area (Å²) in [4.78, 5) is 10.8. The largest absolute Gasteiger partial charge is 0.424 e. The molecule has 0 saturated carbocycles. The molecule has 0 spiro atoms. The average Bonchev–Trinajstić information content (AvgIpc) is 2.49. The predicted octanol–water partition coefficient (Wildman–Crippen LogP) is 4.03. The Bertz CT molecular complexity index is 385. The molecule has 1 unspecified atom stereocenters. The minimum atomic E-state index is -4.80. The van der Waals surface area contributed by atoms with Crippen LogP contribution in [0.3, 0.4) is 0 Å². The Balaban J connectivity index is 0. The zero-order valence-electron chi connectivity index (χ0n) is 13.0. The molecule has 6 heteroatoms. The number of hydrogen-bond donors (Lipinski definition) is 0. The van der Waals surface area contributed by atoms with Crippen LogP contribution in [-0.4, -0.2) is 38.4 Å². The van der Waals surface area contributed by atoms with Gasteiger partial charge in [0.1, 0.15) is 0 Å². The van der Waals surface area contributed by atoms with Gasteiger partial charge >= 0.3 is 6.18 Å². The maximum atomic E-state index is 12.8. The zero-order valence-corrected chi connectivity index (χ0v) is 13.0. The molecule has 0 bridgehead atoms. The smallest absolute Gasteiger partial charge is 0.385 e. The summed E-state index contributed by atoms with van der Waals surface area (Å²) in [5.74, 6) is 0. The van der Waals surface area contributed by atoms with E-state index in [1.807, 2.05) is 6.92 Å². The van der Waals surface area contributed by atoms with Gasteiger partial charge in [-0.1, -0.05) is 37.5 Å². The minimum absolute atomic E-state index is 0.247. The third-order valence-electron chi connectivity index (χ3n) is 2.50. The molecule has 126 valence electrons. The van der Waals surface area contributed by atoms with Crippen molar-refractivity contribution < 1.29 is 27.4 Å². The summed E-state index contributed by atoms with van der Waals surface area (Å²) in [7, 11) is 1.68. The van der Waals surface area contributed by atoms with Gasteiger partial charge in [-0.3, -0.25) is 4.79 Å². The lowest BCUT2D eigenvalue weighted by Gasteiger charge is -2.29. The van der Waals surface area contributed by atoms with Gasteiger partial charge < -0.3 is 9.47 Å². The number of rotatable bonds is 9. The van der Waals surface area contributed by atoms with E-state index in [0.717, 1.165) is 12.7 Å². The zero-order chi connectivity index (χ0) is 17.6. The standard InChI is InChI=1S/C13H15F3O2.C3H8O/c1-4-7-11(6-3)9-18-12(10-17,8-5-2)13(14,15)16;1-3-4-2/h4-7,10H,1-3,8-9H2;3H2,1-2H3/b11-7+;. The Morgan fingerprint density at radius 3 is 2.05 bits per heavy atom. The average molecular weight is 320 g/mol. The van der Waals surface area contributed by atoms with Crippen molar-refractivity contribution in [1.29, 1.82) is 0 Å². The molecule has 0 radical (unpaired) electrons. The van der Waals surface area contributed by atoms with Gasteiger partial charge in [0.2, 0.25) is 5.60 Å². The summed E-state index contributed by atoms with van der Waals surface area (Å²) in [6.45, 7) is 12.4. The van der Waals surface area contributed by atoms with Crippen molar-refractivity contribution in [3.63, 3.8) is 0 Å².